The minimum atomic E-state index is 0.0957. The highest BCUT2D eigenvalue weighted by molar-refractivity contribution is 5.94. The lowest BCUT2D eigenvalue weighted by molar-refractivity contribution is -0.136. The number of hydrogen-bond donors (Lipinski definition) is 0. The number of rotatable bonds is 7. The molecule has 0 saturated carbocycles. The molecule has 1 unspecified atom stereocenters. The van der Waals surface area contributed by atoms with E-state index < -0.39 is 0 Å². The van der Waals surface area contributed by atoms with Crippen molar-refractivity contribution in [1.82, 2.24) is 19.6 Å². The van der Waals surface area contributed by atoms with E-state index in [9.17, 15) is 9.59 Å². The molecule has 1 aromatic rings. The van der Waals surface area contributed by atoms with Crippen molar-refractivity contribution in [3.8, 4) is 0 Å². The van der Waals surface area contributed by atoms with Crippen molar-refractivity contribution < 1.29 is 9.59 Å². The van der Waals surface area contributed by atoms with E-state index in [1.807, 2.05) is 21.9 Å². The molecule has 0 bridgehead atoms. The van der Waals surface area contributed by atoms with Crippen molar-refractivity contribution in [2.75, 3.05) is 45.8 Å². The van der Waals surface area contributed by atoms with Gasteiger partial charge in [-0.1, -0.05) is 19.1 Å². The van der Waals surface area contributed by atoms with E-state index >= 15 is 0 Å². The second-order valence-electron chi connectivity index (χ2n) is 9.35. The summed E-state index contributed by atoms with van der Waals surface area (Å²) in [5.74, 6) is 0.337. The summed E-state index contributed by atoms with van der Waals surface area (Å²) in [6.07, 6.45) is 3.45. The molecule has 0 radical (unpaired) electrons. The summed E-state index contributed by atoms with van der Waals surface area (Å²) in [5, 5.41) is 0. The predicted octanol–water partition coefficient (Wildman–Crippen LogP) is 3.08. The van der Waals surface area contributed by atoms with Crippen LogP contribution in [0, 0.1) is 0 Å². The van der Waals surface area contributed by atoms with E-state index in [1.54, 1.807) is 0 Å². The lowest BCUT2D eigenvalue weighted by atomic mass is 10.0. The minimum absolute atomic E-state index is 0.0957. The van der Waals surface area contributed by atoms with Crippen LogP contribution in [-0.4, -0.2) is 89.3 Å². The van der Waals surface area contributed by atoms with Crippen molar-refractivity contribution in [2.24, 2.45) is 0 Å². The zero-order chi connectivity index (χ0) is 22.4. The number of carbonyl (C=O) groups excluding carboxylic acids is 2. The first-order chi connectivity index (χ1) is 14.9. The Bertz CT molecular complexity index is 726. The summed E-state index contributed by atoms with van der Waals surface area (Å²) in [6, 6.07) is 8.93. The van der Waals surface area contributed by atoms with Crippen molar-refractivity contribution in [2.45, 2.75) is 65.6 Å². The number of nitrogens with zero attached hydrogens (tertiary/aromatic N) is 4. The van der Waals surface area contributed by atoms with Crippen molar-refractivity contribution in [3.63, 3.8) is 0 Å². The number of piperazine rings is 1. The van der Waals surface area contributed by atoms with Crippen molar-refractivity contribution in [1.29, 1.82) is 0 Å². The van der Waals surface area contributed by atoms with Gasteiger partial charge in [-0.25, -0.2) is 0 Å². The van der Waals surface area contributed by atoms with Gasteiger partial charge in [-0.2, -0.15) is 0 Å². The lowest BCUT2D eigenvalue weighted by Gasteiger charge is -2.38. The van der Waals surface area contributed by atoms with Gasteiger partial charge in [0.1, 0.15) is 0 Å². The first-order valence-electron chi connectivity index (χ1n) is 12.0. The maximum Gasteiger partial charge on any atom is 0.253 e. The molecule has 0 spiro atoms. The Kier molecular flexibility index (Phi) is 8.50. The largest absolute Gasteiger partial charge is 0.339 e. The van der Waals surface area contributed by atoms with Gasteiger partial charge >= 0.3 is 0 Å². The van der Waals surface area contributed by atoms with Crippen LogP contribution >= 0.6 is 0 Å². The van der Waals surface area contributed by atoms with E-state index in [-0.39, 0.29) is 11.8 Å². The smallest absolute Gasteiger partial charge is 0.253 e. The number of likely N-dealkylation sites (tertiary alicyclic amines) is 1. The molecular weight excluding hydrogens is 388 g/mol. The highest BCUT2D eigenvalue weighted by Crippen LogP contribution is 2.17. The molecule has 2 aliphatic rings. The lowest BCUT2D eigenvalue weighted by Crippen LogP contribution is -2.53. The maximum absolute atomic E-state index is 12.9. The summed E-state index contributed by atoms with van der Waals surface area (Å²) >= 11 is 0. The SMILES string of the molecule is CCN(Cc1ccc(C(=O)N2CCN(CC(=O)N3CCCCC3C)CC2)cc1)C(C)C. The van der Waals surface area contributed by atoms with Crippen LogP contribution in [0.15, 0.2) is 24.3 Å². The Morgan fingerprint density at radius 1 is 1.03 bits per heavy atom. The number of piperidine rings is 1. The first kappa shape index (κ1) is 23.7. The van der Waals surface area contributed by atoms with Crippen LogP contribution in [-0.2, 0) is 11.3 Å². The van der Waals surface area contributed by atoms with E-state index in [2.05, 4.69) is 49.6 Å². The molecule has 3 rings (SSSR count). The molecule has 6 heteroatoms. The molecule has 172 valence electrons. The van der Waals surface area contributed by atoms with Crippen molar-refractivity contribution >= 4 is 11.8 Å². The van der Waals surface area contributed by atoms with E-state index in [1.165, 1.54) is 12.0 Å². The number of benzene rings is 1. The second-order valence-corrected chi connectivity index (χ2v) is 9.35. The van der Waals surface area contributed by atoms with Crippen LogP contribution in [0.4, 0.5) is 0 Å². The summed E-state index contributed by atoms with van der Waals surface area (Å²) in [4.78, 5) is 34.2. The quantitative estimate of drug-likeness (QED) is 0.670. The van der Waals surface area contributed by atoms with Crippen LogP contribution in [0.1, 0.15) is 62.9 Å². The monoisotopic (exact) mass is 428 g/mol. The van der Waals surface area contributed by atoms with Gasteiger partial charge in [-0.3, -0.25) is 19.4 Å². The fourth-order valence-corrected chi connectivity index (χ4v) is 4.69. The molecule has 1 aromatic carbocycles. The van der Waals surface area contributed by atoms with Crippen LogP contribution in [0.3, 0.4) is 0 Å². The normalized spacial score (nSPS) is 20.5. The summed E-state index contributed by atoms with van der Waals surface area (Å²) in [7, 11) is 0. The molecule has 6 nitrogen and oxygen atoms in total. The first-order valence-corrected chi connectivity index (χ1v) is 12.0. The second kappa shape index (κ2) is 11.1. The molecule has 2 saturated heterocycles. The molecule has 1 atom stereocenters. The van der Waals surface area contributed by atoms with Crippen LogP contribution in [0.2, 0.25) is 0 Å². The molecular formula is C25H40N4O2. The molecule has 2 fully saturated rings. The van der Waals surface area contributed by atoms with Gasteiger partial charge in [0.05, 0.1) is 6.54 Å². The number of amides is 2. The van der Waals surface area contributed by atoms with E-state index in [4.69, 9.17) is 0 Å². The third-order valence-corrected chi connectivity index (χ3v) is 6.86. The topological polar surface area (TPSA) is 47.1 Å². The minimum Gasteiger partial charge on any atom is -0.339 e. The standard InChI is InChI=1S/C25H40N4O2/c1-5-27(20(2)3)18-22-9-11-23(12-10-22)25(31)28-16-14-26(15-17-28)19-24(30)29-13-7-6-8-21(29)4/h9-12,20-21H,5-8,13-19H2,1-4H3. The molecule has 31 heavy (non-hydrogen) atoms. The highest BCUT2D eigenvalue weighted by atomic mass is 16.2. The van der Waals surface area contributed by atoms with Crippen LogP contribution in [0.25, 0.3) is 0 Å². The van der Waals surface area contributed by atoms with E-state index in [0.717, 1.165) is 51.1 Å². The Morgan fingerprint density at radius 3 is 2.29 bits per heavy atom. The summed E-state index contributed by atoms with van der Waals surface area (Å²) < 4.78 is 0. The molecule has 0 aromatic heterocycles. The molecule has 2 heterocycles. The van der Waals surface area contributed by atoms with Gasteiger partial charge in [-0.15, -0.1) is 0 Å². The van der Waals surface area contributed by atoms with Gasteiger partial charge in [-0.05, 0) is 64.3 Å². The van der Waals surface area contributed by atoms with Crippen LogP contribution in [0.5, 0.6) is 0 Å². The van der Waals surface area contributed by atoms with Gasteiger partial charge in [0.15, 0.2) is 0 Å². The zero-order valence-electron chi connectivity index (χ0n) is 19.8. The van der Waals surface area contributed by atoms with Gasteiger partial charge in [0.25, 0.3) is 5.91 Å². The third-order valence-electron chi connectivity index (χ3n) is 6.86. The zero-order valence-corrected chi connectivity index (χ0v) is 19.8. The summed E-state index contributed by atoms with van der Waals surface area (Å²) in [5.41, 5.74) is 1.99. The Hall–Kier alpha value is -1.92. The Morgan fingerprint density at radius 2 is 1.71 bits per heavy atom. The van der Waals surface area contributed by atoms with E-state index in [0.29, 0.717) is 31.7 Å². The third kappa shape index (κ3) is 6.30. The van der Waals surface area contributed by atoms with Gasteiger partial charge in [0.2, 0.25) is 5.91 Å². The predicted molar refractivity (Wildman–Crippen MR) is 125 cm³/mol. The van der Waals surface area contributed by atoms with Crippen molar-refractivity contribution in [3.05, 3.63) is 35.4 Å². The average Bonchev–Trinajstić information content (AvgIpc) is 2.78. The molecule has 2 amide bonds. The Balaban J connectivity index is 1.48. The van der Waals surface area contributed by atoms with Gasteiger partial charge < -0.3 is 9.80 Å². The Labute approximate surface area is 188 Å². The average molecular weight is 429 g/mol. The fourth-order valence-electron chi connectivity index (χ4n) is 4.69. The number of hydrogen-bond acceptors (Lipinski definition) is 4. The fraction of sp³-hybridized carbons (Fsp3) is 0.680. The maximum atomic E-state index is 12.9. The van der Waals surface area contributed by atoms with Crippen LogP contribution < -0.4 is 0 Å². The number of carbonyl (C=O) groups is 2. The molecule has 2 aliphatic heterocycles. The molecule has 0 N–H and O–H groups in total. The molecule has 0 aliphatic carbocycles. The highest BCUT2D eigenvalue weighted by Gasteiger charge is 2.27. The summed E-state index contributed by atoms with van der Waals surface area (Å²) in [6.45, 7) is 14.9. The van der Waals surface area contributed by atoms with Gasteiger partial charge in [0, 0.05) is 56.9 Å².